The van der Waals surface area contributed by atoms with E-state index in [1.54, 1.807) is 6.92 Å². The summed E-state index contributed by atoms with van der Waals surface area (Å²) in [6, 6.07) is 1.01. The van der Waals surface area contributed by atoms with Crippen molar-refractivity contribution in [3.8, 4) is 5.88 Å². The number of carbonyl (C=O) groups excluding carboxylic acids is 1. The Morgan fingerprint density at radius 3 is 2.67 bits per heavy atom. The Kier molecular flexibility index (Phi) is 4.96. The molecule has 0 saturated heterocycles. The van der Waals surface area contributed by atoms with Crippen molar-refractivity contribution in [2.75, 3.05) is 13.7 Å². The maximum absolute atomic E-state index is 12.8. The number of hydrogen-bond acceptors (Lipinski definition) is 5. The number of ether oxygens (including phenoxy) is 2. The van der Waals surface area contributed by atoms with Crippen LogP contribution in [0.4, 0.5) is 8.78 Å². The van der Waals surface area contributed by atoms with Gasteiger partial charge < -0.3 is 15.2 Å². The van der Waals surface area contributed by atoms with E-state index in [1.165, 1.54) is 7.11 Å². The summed E-state index contributed by atoms with van der Waals surface area (Å²) in [7, 11) is 1.29. The minimum Gasteiger partial charge on any atom is -0.480 e. The van der Waals surface area contributed by atoms with Gasteiger partial charge in [-0.2, -0.15) is 0 Å². The largest absolute Gasteiger partial charge is 0.480 e. The summed E-state index contributed by atoms with van der Waals surface area (Å²) in [6.45, 7) is 1.57. The number of methoxy groups -OCH3 is 1. The molecule has 0 aromatic carbocycles. The first-order valence-electron chi connectivity index (χ1n) is 5.28. The molecular weight excluding hydrogens is 246 g/mol. The summed E-state index contributed by atoms with van der Waals surface area (Å²) in [4.78, 5) is 15.4. The highest BCUT2D eigenvalue weighted by Gasteiger charge is 2.22. The average molecular weight is 260 g/mol. The summed E-state index contributed by atoms with van der Waals surface area (Å²) in [5.41, 5.74) is 4.80. The summed E-state index contributed by atoms with van der Waals surface area (Å²) in [5.74, 6) is -0.828. The van der Waals surface area contributed by atoms with Crippen LogP contribution >= 0.6 is 0 Å². The van der Waals surface area contributed by atoms with Crippen LogP contribution in [0, 0.1) is 0 Å². The first-order chi connectivity index (χ1) is 8.54. The predicted octanol–water partition coefficient (Wildman–Crippen LogP) is 1.66. The van der Waals surface area contributed by atoms with E-state index in [0.717, 1.165) is 6.07 Å². The highest BCUT2D eigenvalue weighted by atomic mass is 19.3. The second-order valence-electron chi connectivity index (χ2n) is 3.31. The molecule has 0 saturated carbocycles. The Balaban J connectivity index is 3.31. The number of halogens is 2. The maximum atomic E-state index is 12.8. The van der Waals surface area contributed by atoms with Gasteiger partial charge in [-0.05, 0) is 13.0 Å². The smallest absolute Gasteiger partial charge is 0.343 e. The van der Waals surface area contributed by atoms with Crippen LogP contribution in [0.5, 0.6) is 5.88 Å². The average Bonchev–Trinajstić information content (AvgIpc) is 2.37. The van der Waals surface area contributed by atoms with Crippen molar-refractivity contribution in [3.05, 3.63) is 22.9 Å². The fourth-order valence-corrected chi connectivity index (χ4v) is 1.41. The quantitative estimate of drug-likeness (QED) is 0.815. The van der Waals surface area contributed by atoms with Crippen molar-refractivity contribution in [1.29, 1.82) is 0 Å². The lowest BCUT2D eigenvalue weighted by atomic mass is 10.1. The highest BCUT2D eigenvalue weighted by Crippen LogP contribution is 2.27. The zero-order valence-electron chi connectivity index (χ0n) is 10.1. The van der Waals surface area contributed by atoms with Crippen molar-refractivity contribution in [2.45, 2.75) is 19.9 Å². The molecule has 1 aromatic rings. The van der Waals surface area contributed by atoms with E-state index in [9.17, 15) is 13.6 Å². The molecule has 1 aromatic heterocycles. The van der Waals surface area contributed by atoms with Crippen molar-refractivity contribution in [3.63, 3.8) is 0 Å². The summed E-state index contributed by atoms with van der Waals surface area (Å²) in [5, 5.41) is 0. The molecule has 0 atom stereocenters. The number of pyridine rings is 1. The van der Waals surface area contributed by atoms with Crippen LogP contribution in [0.1, 0.15) is 35.0 Å². The Morgan fingerprint density at radius 2 is 2.22 bits per heavy atom. The fraction of sp³-hybridized carbons (Fsp3) is 0.455. The number of rotatable bonds is 5. The SMILES string of the molecule is CCOC(=O)c1cc(C(F)F)c(CN)nc1OC. The topological polar surface area (TPSA) is 74.4 Å². The first kappa shape index (κ1) is 14.3. The zero-order chi connectivity index (χ0) is 13.7. The van der Waals surface area contributed by atoms with Gasteiger partial charge in [-0.1, -0.05) is 0 Å². The van der Waals surface area contributed by atoms with Crippen LogP contribution in [0.3, 0.4) is 0 Å². The maximum Gasteiger partial charge on any atom is 0.343 e. The van der Waals surface area contributed by atoms with Crippen LogP contribution < -0.4 is 10.5 Å². The van der Waals surface area contributed by atoms with E-state index in [1.807, 2.05) is 0 Å². The molecule has 0 unspecified atom stereocenters. The molecule has 5 nitrogen and oxygen atoms in total. The van der Waals surface area contributed by atoms with Crippen molar-refractivity contribution >= 4 is 5.97 Å². The lowest BCUT2D eigenvalue weighted by Crippen LogP contribution is -2.13. The van der Waals surface area contributed by atoms with Crippen molar-refractivity contribution in [2.24, 2.45) is 5.73 Å². The number of hydrogen-bond donors (Lipinski definition) is 1. The number of nitrogens with zero attached hydrogens (tertiary/aromatic N) is 1. The van der Waals surface area contributed by atoms with Gasteiger partial charge >= 0.3 is 5.97 Å². The normalized spacial score (nSPS) is 10.6. The van der Waals surface area contributed by atoms with Gasteiger partial charge in [-0.3, -0.25) is 0 Å². The standard InChI is InChI=1S/C11H14F2N2O3/c1-3-18-11(16)7-4-6(9(12)13)8(5-14)15-10(7)17-2/h4,9H,3,5,14H2,1-2H3. The number of alkyl halides is 2. The van der Waals surface area contributed by atoms with Crippen LogP contribution in [0.25, 0.3) is 0 Å². The molecule has 1 heterocycles. The third kappa shape index (κ3) is 2.92. The van der Waals surface area contributed by atoms with Crippen LogP contribution in [0.15, 0.2) is 6.07 Å². The van der Waals surface area contributed by atoms with Gasteiger partial charge in [0, 0.05) is 12.1 Å². The van der Waals surface area contributed by atoms with Gasteiger partial charge in [0.15, 0.2) is 0 Å². The molecule has 0 amide bonds. The van der Waals surface area contributed by atoms with Gasteiger partial charge in [0.25, 0.3) is 6.43 Å². The van der Waals surface area contributed by atoms with Gasteiger partial charge in [0.2, 0.25) is 5.88 Å². The van der Waals surface area contributed by atoms with Crippen molar-refractivity contribution < 1.29 is 23.0 Å². The lowest BCUT2D eigenvalue weighted by Gasteiger charge is -2.12. The summed E-state index contributed by atoms with van der Waals surface area (Å²) >= 11 is 0. The molecule has 0 aliphatic heterocycles. The number of carbonyl (C=O) groups is 1. The highest BCUT2D eigenvalue weighted by molar-refractivity contribution is 5.92. The van der Waals surface area contributed by atoms with Gasteiger partial charge in [-0.15, -0.1) is 0 Å². The first-order valence-corrected chi connectivity index (χ1v) is 5.28. The minimum atomic E-state index is -2.77. The third-order valence-electron chi connectivity index (χ3n) is 2.22. The van der Waals surface area contributed by atoms with E-state index in [4.69, 9.17) is 15.2 Å². The molecule has 0 spiro atoms. The van der Waals surface area contributed by atoms with Crippen LogP contribution in [-0.2, 0) is 11.3 Å². The fourth-order valence-electron chi connectivity index (χ4n) is 1.41. The third-order valence-corrected chi connectivity index (χ3v) is 2.22. The molecule has 2 N–H and O–H groups in total. The molecule has 0 radical (unpaired) electrons. The number of aromatic nitrogens is 1. The second-order valence-corrected chi connectivity index (χ2v) is 3.31. The van der Waals surface area contributed by atoms with Gasteiger partial charge in [-0.25, -0.2) is 18.6 Å². The van der Waals surface area contributed by atoms with Gasteiger partial charge in [0.05, 0.1) is 19.4 Å². The molecule has 0 fully saturated rings. The van der Waals surface area contributed by atoms with E-state index in [-0.39, 0.29) is 35.9 Å². The monoisotopic (exact) mass is 260 g/mol. The minimum absolute atomic E-state index is 0.00472. The molecule has 0 bridgehead atoms. The van der Waals surface area contributed by atoms with Crippen LogP contribution in [0.2, 0.25) is 0 Å². The Hall–Kier alpha value is -1.76. The summed E-state index contributed by atoms with van der Waals surface area (Å²) < 4.78 is 35.2. The number of esters is 1. The molecule has 1 rings (SSSR count). The molecular formula is C11H14F2N2O3. The predicted molar refractivity (Wildman–Crippen MR) is 59.6 cm³/mol. The zero-order valence-corrected chi connectivity index (χ0v) is 10.1. The van der Waals surface area contributed by atoms with Crippen molar-refractivity contribution in [1.82, 2.24) is 4.98 Å². The van der Waals surface area contributed by atoms with Gasteiger partial charge in [0.1, 0.15) is 5.56 Å². The number of nitrogens with two attached hydrogens (primary N) is 1. The molecule has 100 valence electrons. The van der Waals surface area contributed by atoms with Crippen LogP contribution in [-0.4, -0.2) is 24.7 Å². The Bertz CT molecular complexity index is 439. The second kappa shape index (κ2) is 6.25. The molecule has 0 aliphatic carbocycles. The Labute approximate surface area is 103 Å². The van der Waals surface area contributed by atoms with E-state index in [2.05, 4.69) is 4.98 Å². The van der Waals surface area contributed by atoms with E-state index < -0.39 is 12.4 Å². The molecule has 7 heteroatoms. The molecule has 18 heavy (non-hydrogen) atoms. The Morgan fingerprint density at radius 1 is 1.56 bits per heavy atom. The van der Waals surface area contributed by atoms with E-state index >= 15 is 0 Å². The molecule has 0 aliphatic rings. The lowest BCUT2D eigenvalue weighted by molar-refractivity contribution is 0.0521. The van der Waals surface area contributed by atoms with E-state index in [0.29, 0.717) is 0 Å². The summed E-state index contributed by atoms with van der Waals surface area (Å²) in [6.07, 6.45) is -2.77.